The summed E-state index contributed by atoms with van der Waals surface area (Å²) in [6, 6.07) is 0.198. The first-order valence-corrected chi connectivity index (χ1v) is 5.59. The highest BCUT2D eigenvalue weighted by atomic mass is 16.4. The summed E-state index contributed by atoms with van der Waals surface area (Å²) >= 11 is 0. The molecule has 0 heterocycles. The predicted octanol–water partition coefficient (Wildman–Crippen LogP) is 1.16. The monoisotopic (exact) mass is 211 g/mol. The van der Waals surface area contributed by atoms with E-state index >= 15 is 0 Å². The zero-order valence-electron chi connectivity index (χ0n) is 8.95. The van der Waals surface area contributed by atoms with Crippen molar-refractivity contribution < 1.29 is 14.7 Å². The molecule has 4 heteroatoms. The Morgan fingerprint density at radius 3 is 2.40 bits per heavy atom. The number of carboxylic acids is 1. The highest BCUT2D eigenvalue weighted by molar-refractivity contribution is 6.04. The number of rotatable bonds is 3. The first-order chi connectivity index (χ1) is 7.04. The number of carbonyl (C=O) groups excluding carboxylic acids is 1. The third-order valence-electron chi connectivity index (χ3n) is 3.62. The van der Waals surface area contributed by atoms with Gasteiger partial charge in [0.2, 0.25) is 5.91 Å². The zero-order chi connectivity index (χ0) is 11.1. The van der Waals surface area contributed by atoms with Gasteiger partial charge < -0.3 is 10.4 Å². The Kier molecular flexibility index (Phi) is 2.44. The molecule has 0 spiro atoms. The fourth-order valence-corrected chi connectivity index (χ4v) is 2.32. The maximum atomic E-state index is 11.7. The lowest BCUT2D eigenvalue weighted by atomic mass is 10.1. The van der Waals surface area contributed by atoms with E-state index in [9.17, 15) is 9.59 Å². The molecule has 0 bridgehead atoms. The fraction of sp³-hybridized carbons (Fsp3) is 0.818. The predicted molar refractivity (Wildman–Crippen MR) is 54.2 cm³/mol. The van der Waals surface area contributed by atoms with Crippen molar-refractivity contribution in [3.63, 3.8) is 0 Å². The number of hydrogen-bond donors (Lipinski definition) is 2. The lowest BCUT2D eigenvalue weighted by Gasteiger charge is -2.16. The second-order valence-corrected chi connectivity index (χ2v) is 4.98. The van der Waals surface area contributed by atoms with Crippen LogP contribution in [0.3, 0.4) is 0 Å². The maximum Gasteiger partial charge on any atom is 0.319 e. The van der Waals surface area contributed by atoms with Gasteiger partial charge in [-0.2, -0.15) is 0 Å². The lowest BCUT2D eigenvalue weighted by molar-refractivity contribution is -0.149. The van der Waals surface area contributed by atoms with Crippen molar-refractivity contribution in [3.8, 4) is 0 Å². The Morgan fingerprint density at radius 2 is 2.00 bits per heavy atom. The second kappa shape index (κ2) is 3.51. The minimum atomic E-state index is -1.08. The van der Waals surface area contributed by atoms with Crippen LogP contribution in [0.2, 0.25) is 0 Å². The molecular formula is C11H17NO3. The van der Waals surface area contributed by atoms with Crippen LogP contribution in [0.15, 0.2) is 0 Å². The van der Waals surface area contributed by atoms with E-state index in [1.54, 1.807) is 0 Å². The van der Waals surface area contributed by atoms with Crippen LogP contribution in [0, 0.1) is 11.3 Å². The molecule has 0 aliphatic heterocycles. The average Bonchev–Trinajstić information content (AvgIpc) is 2.88. The van der Waals surface area contributed by atoms with Gasteiger partial charge in [-0.3, -0.25) is 9.59 Å². The van der Waals surface area contributed by atoms with Crippen molar-refractivity contribution in [2.75, 3.05) is 0 Å². The van der Waals surface area contributed by atoms with Crippen LogP contribution in [0.1, 0.15) is 39.0 Å². The van der Waals surface area contributed by atoms with Crippen LogP contribution in [0.5, 0.6) is 0 Å². The molecule has 2 atom stereocenters. The van der Waals surface area contributed by atoms with Crippen LogP contribution in [-0.4, -0.2) is 23.0 Å². The summed E-state index contributed by atoms with van der Waals surface area (Å²) in [5.74, 6) is -0.588. The van der Waals surface area contributed by atoms with Crippen LogP contribution >= 0.6 is 0 Å². The molecule has 0 aromatic heterocycles. The van der Waals surface area contributed by atoms with E-state index in [1.165, 1.54) is 0 Å². The van der Waals surface area contributed by atoms with Gasteiger partial charge in [-0.1, -0.05) is 6.92 Å². The number of nitrogens with one attached hydrogen (secondary N) is 1. The van der Waals surface area contributed by atoms with Gasteiger partial charge in [-0.05, 0) is 38.0 Å². The Balaban J connectivity index is 1.90. The van der Waals surface area contributed by atoms with Crippen molar-refractivity contribution >= 4 is 11.9 Å². The molecule has 2 rings (SSSR count). The molecule has 2 aliphatic carbocycles. The van der Waals surface area contributed by atoms with Crippen LogP contribution in [0.4, 0.5) is 0 Å². The van der Waals surface area contributed by atoms with E-state index < -0.39 is 11.4 Å². The third kappa shape index (κ3) is 1.85. The number of hydrogen-bond acceptors (Lipinski definition) is 2. The van der Waals surface area contributed by atoms with E-state index in [0.717, 1.165) is 19.3 Å². The summed E-state index contributed by atoms with van der Waals surface area (Å²) in [6.07, 6.45) is 4.10. The van der Waals surface area contributed by atoms with Crippen molar-refractivity contribution in [1.82, 2.24) is 5.32 Å². The van der Waals surface area contributed by atoms with Gasteiger partial charge in [0, 0.05) is 6.04 Å². The third-order valence-corrected chi connectivity index (χ3v) is 3.62. The van der Waals surface area contributed by atoms with Crippen molar-refractivity contribution in [3.05, 3.63) is 0 Å². The van der Waals surface area contributed by atoms with E-state index in [-0.39, 0.29) is 11.9 Å². The first-order valence-electron chi connectivity index (χ1n) is 5.59. The van der Waals surface area contributed by atoms with Crippen molar-refractivity contribution in [2.45, 2.75) is 45.1 Å². The maximum absolute atomic E-state index is 11.7. The Morgan fingerprint density at radius 1 is 1.33 bits per heavy atom. The summed E-state index contributed by atoms with van der Waals surface area (Å²) in [5, 5.41) is 11.8. The SMILES string of the molecule is CC1CCC(NC(=O)C2(C(=O)O)CC2)C1. The molecule has 1 amide bonds. The van der Waals surface area contributed by atoms with E-state index in [4.69, 9.17) is 5.11 Å². The largest absolute Gasteiger partial charge is 0.480 e. The summed E-state index contributed by atoms with van der Waals surface area (Å²) in [7, 11) is 0. The molecule has 2 unspecified atom stereocenters. The highest BCUT2D eigenvalue weighted by Gasteiger charge is 2.57. The normalized spacial score (nSPS) is 32.3. The summed E-state index contributed by atoms with van der Waals surface area (Å²) < 4.78 is 0. The molecule has 2 fully saturated rings. The van der Waals surface area contributed by atoms with E-state index in [1.807, 2.05) is 0 Å². The van der Waals surface area contributed by atoms with Gasteiger partial charge in [-0.25, -0.2) is 0 Å². The zero-order valence-corrected chi connectivity index (χ0v) is 8.95. The van der Waals surface area contributed by atoms with Gasteiger partial charge in [-0.15, -0.1) is 0 Å². The summed E-state index contributed by atoms with van der Waals surface area (Å²) in [5.41, 5.74) is -1.08. The minimum absolute atomic E-state index is 0.198. The Labute approximate surface area is 89.0 Å². The topological polar surface area (TPSA) is 66.4 Å². The minimum Gasteiger partial charge on any atom is -0.480 e. The van der Waals surface area contributed by atoms with E-state index in [0.29, 0.717) is 18.8 Å². The molecule has 2 aliphatic rings. The lowest BCUT2D eigenvalue weighted by Crippen LogP contribution is -2.41. The smallest absolute Gasteiger partial charge is 0.319 e. The van der Waals surface area contributed by atoms with Gasteiger partial charge in [0.1, 0.15) is 5.41 Å². The molecule has 2 saturated carbocycles. The molecule has 2 N–H and O–H groups in total. The standard InChI is InChI=1S/C11H17NO3/c1-7-2-3-8(6-7)12-9(13)11(4-5-11)10(14)15/h7-8H,2-6H2,1H3,(H,12,13)(H,14,15). The fourth-order valence-electron chi connectivity index (χ4n) is 2.32. The van der Waals surface area contributed by atoms with Gasteiger partial charge in [0.05, 0.1) is 0 Å². The first kappa shape index (κ1) is 10.5. The Bertz CT molecular complexity index is 296. The average molecular weight is 211 g/mol. The van der Waals surface area contributed by atoms with Crippen LogP contribution < -0.4 is 5.32 Å². The van der Waals surface area contributed by atoms with Gasteiger partial charge in [0.15, 0.2) is 0 Å². The second-order valence-electron chi connectivity index (χ2n) is 4.98. The number of aliphatic carboxylic acids is 1. The van der Waals surface area contributed by atoms with Crippen LogP contribution in [-0.2, 0) is 9.59 Å². The molecule has 0 aromatic rings. The van der Waals surface area contributed by atoms with Crippen molar-refractivity contribution in [2.24, 2.45) is 11.3 Å². The van der Waals surface area contributed by atoms with E-state index in [2.05, 4.69) is 12.2 Å². The molecule has 4 nitrogen and oxygen atoms in total. The number of amides is 1. The Hall–Kier alpha value is -1.06. The number of carbonyl (C=O) groups is 2. The molecule has 0 radical (unpaired) electrons. The summed E-state index contributed by atoms with van der Waals surface area (Å²) in [6.45, 7) is 2.16. The van der Waals surface area contributed by atoms with Crippen molar-refractivity contribution in [1.29, 1.82) is 0 Å². The molecule has 15 heavy (non-hydrogen) atoms. The molecule has 84 valence electrons. The quantitative estimate of drug-likeness (QED) is 0.688. The summed E-state index contributed by atoms with van der Waals surface area (Å²) in [4.78, 5) is 22.6. The molecular weight excluding hydrogens is 194 g/mol. The van der Waals surface area contributed by atoms with Gasteiger partial charge in [0.25, 0.3) is 0 Å². The van der Waals surface area contributed by atoms with Gasteiger partial charge >= 0.3 is 5.97 Å². The highest BCUT2D eigenvalue weighted by Crippen LogP contribution is 2.46. The molecule has 0 saturated heterocycles. The van der Waals surface area contributed by atoms with Crippen LogP contribution in [0.25, 0.3) is 0 Å². The number of carboxylic acid groups (broad SMARTS) is 1. The molecule has 0 aromatic carbocycles.